The molecule has 0 spiro atoms. The molecule has 0 aliphatic carbocycles. The first-order valence-electron chi connectivity index (χ1n) is 9.35. The zero-order valence-electron chi connectivity index (χ0n) is 17.7. The smallest absolute Gasteiger partial charge is 0.327 e. The quantitative estimate of drug-likeness (QED) is 0.365. The van der Waals surface area contributed by atoms with Crippen molar-refractivity contribution in [2.24, 2.45) is 5.73 Å². The summed E-state index contributed by atoms with van der Waals surface area (Å²) < 4.78 is 0.299. The number of carbonyl (C=O) groups excluding carboxylic acids is 1. The molecule has 2 rings (SSSR count). The van der Waals surface area contributed by atoms with E-state index in [2.05, 4.69) is 10.6 Å². The van der Waals surface area contributed by atoms with Gasteiger partial charge in [0.2, 0.25) is 11.6 Å². The number of amides is 1. The summed E-state index contributed by atoms with van der Waals surface area (Å²) in [6, 6.07) is 3.55. The number of hydrogen-bond donors (Lipinski definition) is 4. The maximum absolute atomic E-state index is 12.5. The van der Waals surface area contributed by atoms with Crippen LogP contribution in [0.3, 0.4) is 0 Å². The first-order chi connectivity index (χ1) is 15.5. The van der Waals surface area contributed by atoms with E-state index in [0.29, 0.717) is 21.4 Å². The largest absolute Gasteiger partial charge is 0.502 e. The zero-order valence-corrected chi connectivity index (χ0v) is 17.7. The molecule has 0 fully saturated rings. The Bertz CT molecular complexity index is 1300. The molecule has 1 aromatic carbocycles. The SMILES string of the molecule is [C-]#[N+]c1c(C)c(C=C=Cc2ccc(N(CC(=O)O)CC(=O)O)cc2C)c(=O)n(C(N)=O)c1O. The molecular weight excluding hydrogens is 432 g/mol. The number of carbonyl (C=O) groups is 3. The molecule has 0 saturated carbocycles. The monoisotopic (exact) mass is 452 g/mol. The summed E-state index contributed by atoms with van der Waals surface area (Å²) in [4.78, 5) is 50.5. The van der Waals surface area contributed by atoms with Gasteiger partial charge in [-0.1, -0.05) is 6.07 Å². The highest BCUT2D eigenvalue weighted by molar-refractivity contribution is 5.82. The maximum atomic E-state index is 12.5. The average molecular weight is 452 g/mol. The van der Waals surface area contributed by atoms with Crippen molar-refractivity contribution in [3.63, 3.8) is 0 Å². The summed E-state index contributed by atoms with van der Waals surface area (Å²) in [5, 5.41) is 28.0. The van der Waals surface area contributed by atoms with Gasteiger partial charge in [-0.15, -0.1) is 5.73 Å². The number of anilines is 1. The first kappa shape index (κ1) is 24.5. The number of benzene rings is 1. The van der Waals surface area contributed by atoms with Gasteiger partial charge in [0.25, 0.3) is 5.56 Å². The highest BCUT2D eigenvalue weighted by Gasteiger charge is 2.20. The van der Waals surface area contributed by atoms with E-state index in [9.17, 15) is 24.3 Å². The van der Waals surface area contributed by atoms with E-state index < -0.39 is 42.5 Å². The molecular formula is C22H20N4O7. The van der Waals surface area contributed by atoms with E-state index in [1.54, 1.807) is 25.1 Å². The van der Waals surface area contributed by atoms with Crippen LogP contribution in [0.5, 0.6) is 5.88 Å². The summed E-state index contributed by atoms with van der Waals surface area (Å²) in [7, 11) is 0. The molecule has 1 heterocycles. The van der Waals surface area contributed by atoms with Crippen LogP contribution >= 0.6 is 0 Å². The number of aromatic nitrogens is 1. The van der Waals surface area contributed by atoms with Crippen LogP contribution in [0.15, 0.2) is 28.7 Å². The molecule has 5 N–H and O–H groups in total. The summed E-state index contributed by atoms with van der Waals surface area (Å²) in [6.45, 7) is 9.37. The Morgan fingerprint density at radius 1 is 1.18 bits per heavy atom. The van der Waals surface area contributed by atoms with Crippen molar-refractivity contribution >= 4 is 41.5 Å². The molecule has 0 radical (unpaired) electrons. The highest BCUT2D eigenvalue weighted by Crippen LogP contribution is 2.30. The van der Waals surface area contributed by atoms with Crippen molar-refractivity contribution < 1.29 is 29.7 Å². The van der Waals surface area contributed by atoms with Gasteiger partial charge in [0.1, 0.15) is 13.1 Å². The lowest BCUT2D eigenvalue weighted by Crippen LogP contribution is -2.34. The van der Waals surface area contributed by atoms with E-state index in [4.69, 9.17) is 22.5 Å². The number of nitrogens with two attached hydrogens (primary N) is 1. The van der Waals surface area contributed by atoms with Gasteiger partial charge in [0.15, 0.2) is 0 Å². The van der Waals surface area contributed by atoms with E-state index in [1.807, 2.05) is 0 Å². The van der Waals surface area contributed by atoms with Crippen molar-refractivity contribution in [1.29, 1.82) is 0 Å². The summed E-state index contributed by atoms with van der Waals surface area (Å²) in [5.74, 6) is -3.18. The Balaban J connectivity index is 2.50. The molecule has 1 amide bonds. The second-order valence-corrected chi connectivity index (χ2v) is 6.94. The number of pyridine rings is 1. The number of aliphatic carboxylic acids is 2. The summed E-state index contributed by atoms with van der Waals surface area (Å²) >= 11 is 0. The molecule has 170 valence electrons. The minimum Gasteiger partial charge on any atom is -0.502 e. The van der Waals surface area contributed by atoms with Crippen molar-refractivity contribution in [3.8, 4) is 5.88 Å². The topological polar surface area (TPSA) is 168 Å². The van der Waals surface area contributed by atoms with E-state index in [1.165, 1.54) is 24.0 Å². The standard InChI is InChI=1S/C22H20N4O7/c1-12-9-15(25(10-17(27)28)11-18(29)30)8-7-14(12)5-4-6-16-13(2)19(24-3)21(32)26(20(16)31)22(23)33/h5-9,32H,10-11H2,1-2H3,(H2,23,33)(H,27,28)(H,29,30). The number of nitrogens with zero attached hydrogens (tertiary/aromatic N) is 3. The molecule has 33 heavy (non-hydrogen) atoms. The second-order valence-electron chi connectivity index (χ2n) is 6.94. The number of carboxylic acid groups (broad SMARTS) is 2. The first-order valence-corrected chi connectivity index (χ1v) is 9.35. The van der Waals surface area contributed by atoms with Gasteiger partial charge in [0, 0.05) is 11.3 Å². The zero-order chi connectivity index (χ0) is 24.9. The minimum atomic E-state index is -1.24. The predicted octanol–water partition coefficient (Wildman–Crippen LogP) is 1.95. The lowest BCUT2D eigenvalue weighted by Gasteiger charge is -2.21. The maximum Gasteiger partial charge on any atom is 0.327 e. The van der Waals surface area contributed by atoms with Crippen molar-refractivity contribution in [2.75, 3.05) is 18.0 Å². The molecule has 11 nitrogen and oxygen atoms in total. The Morgan fingerprint density at radius 3 is 2.27 bits per heavy atom. The highest BCUT2D eigenvalue weighted by atomic mass is 16.4. The third-order valence-electron chi connectivity index (χ3n) is 4.69. The summed E-state index contributed by atoms with van der Waals surface area (Å²) in [5.41, 5.74) is 8.53. The average Bonchev–Trinajstić information content (AvgIpc) is 2.70. The second kappa shape index (κ2) is 10.00. The number of aryl methyl sites for hydroxylation is 1. The van der Waals surface area contributed by atoms with Crippen LogP contribution < -0.4 is 16.2 Å². The van der Waals surface area contributed by atoms with Crippen molar-refractivity contribution in [1.82, 2.24) is 4.57 Å². The summed E-state index contributed by atoms with van der Waals surface area (Å²) in [6.07, 6.45) is 2.76. The minimum absolute atomic E-state index is 0.0581. The molecule has 0 atom stereocenters. The van der Waals surface area contributed by atoms with Crippen LogP contribution in [0.1, 0.15) is 22.3 Å². The molecule has 2 aromatic rings. The number of primary amides is 1. The van der Waals surface area contributed by atoms with Gasteiger partial charge < -0.3 is 26.0 Å². The number of aromatic hydroxyl groups is 1. The van der Waals surface area contributed by atoms with E-state index >= 15 is 0 Å². The molecule has 11 heteroatoms. The molecule has 0 unspecified atom stereocenters. The fourth-order valence-electron chi connectivity index (χ4n) is 3.08. The van der Waals surface area contributed by atoms with Crippen molar-refractivity contribution in [3.05, 3.63) is 68.0 Å². The van der Waals surface area contributed by atoms with Crippen LogP contribution in [0.25, 0.3) is 17.0 Å². The molecule has 1 aromatic heterocycles. The van der Waals surface area contributed by atoms with Crippen LogP contribution in [0.4, 0.5) is 16.2 Å². The lowest BCUT2D eigenvalue weighted by molar-refractivity contribution is -0.136. The van der Waals surface area contributed by atoms with Gasteiger partial charge in [-0.3, -0.25) is 14.4 Å². The lowest BCUT2D eigenvalue weighted by atomic mass is 10.1. The van der Waals surface area contributed by atoms with E-state index in [0.717, 1.165) is 0 Å². The molecule has 0 aliphatic rings. The number of rotatable bonds is 7. The van der Waals surface area contributed by atoms with Gasteiger partial charge in [-0.2, -0.15) is 0 Å². The Kier molecular flexibility index (Phi) is 7.41. The normalized spacial score (nSPS) is 9.97. The van der Waals surface area contributed by atoms with E-state index in [-0.39, 0.29) is 16.8 Å². The van der Waals surface area contributed by atoms with Gasteiger partial charge in [-0.05, 0) is 54.8 Å². The molecule has 0 saturated heterocycles. The molecule has 0 bridgehead atoms. The van der Waals surface area contributed by atoms with Gasteiger partial charge in [0.05, 0.1) is 6.57 Å². The van der Waals surface area contributed by atoms with Crippen LogP contribution in [-0.2, 0) is 9.59 Å². The Labute approximate surface area is 187 Å². The third kappa shape index (κ3) is 5.46. The Hall–Kier alpha value is -4.81. The number of carboxylic acids is 2. The number of hydrogen-bond acceptors (Lipinski definition) is 6. The fraction of sp³-hybridized carbons (Fsp3) is 0.182. The van der Waals surface area contributed by atoms with Crippen molar-refractivity contribution in [2.45, 2.75) is 13.8 Å². The fourth-order valence-corrected chi connectivity index (χ4v) is 3.08. The van der Waals surface area contributed by atoms with Crippen LogP contribution in [0.2, 0.25) is 0 Å². The van der Waals surface area contributed by atoms with Crippen LogP contribution in [0, 0.1) is 20.4 Å². The van der Waals surface area contributed by atoms with Gasteiger partial charge in [-0.25, -0.2) is 14.2 Å². The molecule has 0 aliphatic heterocycles. The Morgan fingerprint density at radius 2 is 1.79 bits per heavy atom. The predicted molar refractivity (Wildman–Crippen MR) is 119 cm³/mol. The van der Waals surface area contributed by atoms with Gasteiger partial charge >= 0.3 is 18.0 Å². The third-order valence-corrected chi connectivity index (χ3v) is 4.69. The van der Waals surface area contributed by atoms with Crippen LogP contribution in [-0.4, -0.2) is 50.9 Å².